The molecule has 0 N–H and O–H groups in total. The summed E-state index contributed by atoms with van der Waals surface area (Å²) in [5.74, 6) is 1.22. The molecule has 0 saturated carbocycles. The molecule has 0 unspecified atom stereocenters. The summed E-state index contributed by atoms with van der Waals surface area (Å²) in [5, 5.41) is 13.4. The number of benzene rings is 2. The van der Waals surface area contributed by atoms with Gasteiger partial charge in [-0.05, 0) is 44.0 Å². The molecule has 2 aromatic carbocycles. The Hall–Kier alpha value is -2.97. The van der Waals surface area contributed by atoms with Gasteiger partial charge in [0.05, 0.1) is 27.3 Å². The van der Waals surface area contributed by atoms with Gasteiger partial charge in [0.1, 0.15) is 0 Å². The van der Waals surface area contributed by atoms with Crippen LogP contribution in [0.1, 0.15) is 21.8 Å². The van der Waals surface area contributed by atoms with Crippen LogP contribution in [0.3, 0.4) is 0 Å². The minimum absolute atomic E-state index is 0.0884. The molecule has 0 spiro atoms. The molecule has 0 saturated heterocycles. The number of para-hydroxylation sites is 2. The normalized spacial score (nSPS) is 11.6. The summed E-state index contributed by atoms with van der Waals surface area (Å²) in [6.45, 7) is 6.02. The monoisotopic (exact) mass is 433 g/mol. The van der Waals surface area contributed by atoms with Crippen molar-refractivity contribution in [1.29, 1.82) is 0 Å². The molecule has 150 valence electrons. The van der Waals surface area contributed by atoms with Crippen LogP contribution in [0.25, 0.3) is 22.4 Å². The summed E-state index contributed by atoms with van der Waals surface area (Å²) in [7, 11) is 0. The second-order valence-corrected chi connectivity index (χ2v) is 9.17. The van der Waals surface area contributed by atoms with Crippen molar-refractivity contribution in [2.45, 2.75) is 31.7 Å². The molecule has 0 atom stereocenters. The molecule has 0 amide bonds. The summed E-state index contributed by atoms with van der Waals surface area (Å²) in [6.07, 6.45) is 0. The van der Waals surface area contributed by atoms with E-state index < -0.39 is 0 Å². The number of nitrogens with zero attached hydrogens (tertiary/aromatic N) is 5. The summed E-state index contributed by atoms with van der Waals surface area (Å²) in [6, 6.07) is 13.6. The number of aryl methyl sites for hydroxylation is 3. The average molecular weight is 434 g/mol. The van der Waals surface area contributed by atoms with E-state index in [2.05, 4.69) is 20.6 Å². The third-order valence-corrected chi connectivity index (χ3v) is 6.86. The van der Waals surface area contributed by atoms with Crippen molar-refractivity contribution < 1.29 is 0 Å². The third-order valence-electron chi connectivity index (χ3n) is 5.07. The second-order valence-electron chi connectivity index (χ2n) is 7.16. The quantitative estimate of drug-likeness (QED) is 0.384. The van der Waals surface area contributed by atoms with Crippen LogP contribution in [-0.4, -0.2) is 24.1 Å². The fourth-order valence-corrected chi connectivity index (χ4v) is 5.30. The van der Waals surface area contributed by atoms with Crippen LogP contribution < -0.4 is 5.56 Å². The van der Waals surface area contributed by atoms with Gasteiger partial charge in [-0.2, -0.15) is 0 Å². The van der Waals surface area contributed by atoms with Gasteiger partial charge in [0.15, 0.2) is 5.16 Å². The first-order chi connectivity index (χ1) is 14.5. The zero-order chi connectivity index (χ0) is 20.8. The molecule has 0 aliphatic rings. The lowest BCUT2D eigenvalue weighted by atomic mass is 10.1. The molecule has 6 nitrogen and oxygen atoms in total. The summed E-state index contributed by atoms with van der Waals surface area (Å²) >= 11 is 3.21. The minimum atomic E-state index is -0.0884. The van der Waals surface area contributed by atoms with E-state index in [4.69, 9.17) is 0 Å². The van der Waals surface area contributed by atoms with Gasteiger partial charge in [0.25, 0.3) is 5.56 Å². The van der Waals surface area contributed by atoms with Crippen molar-refractivity contribution in [3.8, 4) is 5.69 Å². The molecular weight excluding hydrogens is 414 g/mol. The fourth-order valence-electron chi connectivity index (χ4n) is 3.75. The van der Waals surface area contributed by atoms with E-state index in [9.17, 15) is 4.79 Å². The van der Waals surface area contributed by atoms with Crippen LogP contribution >= 0.6 is 23.1 Å². The molecule has 0 radical (unpaired) electrons. The average Bonchev–Trinajstić information content (AvgIpc) is 3.34. The van der Waals surface area contributed by atoms with Crippen molar-refractivity contribution in [3.05, 3.63) is 80.0 Å². The van der Waals surface area contributed by atoms with Crippen LogP contribution in [0.15, 0.2) is 57.8 Å². The Morgan fingerprint density at radius 1 is 1.00 bits per heavy atom. The number of hydrogen-bond acceptors (Lipinski definition) is 6. The maximum Gasteiger partial charge on any atom is 0.267 e. The van der Waals surface area contributed by atoms with E-state index in [0.717, 1.165) is 38.2 Å². The molecule has 0 bridgehead atoms. The number of aromatic nitrogens is 5. The molecule has 0 fully saturated rings. The molecule has 0 aliphatic heterocycles. The predicted octanol–water partition coefficient (Wildman–Crippen LogP) is 4.71. The first-order valence-electron chi connectivity index (χ1n) is 9.54. The summed E-state index contributed by atoms with van der Waals surface area (Å²) < 4.78 is 3.67. The number of hydrogen-bond donors (Lipinski definition) is 0. The Morgan fingerprint density at radius 2 is 1.77 bits per heavy atom. The van der Waals surface area contributed by atoms with Crippen molar-refractivity contribution in [2.75, 3.05) is 0 Å². The lowest BCUT2D eigenvalue weighted by molar-refractivity contribution is 0.924. The van der Waals surface area contributed by atoms with E-state index >= 15 is 0 Å². The van der Waals surface area contributed by atoms with E-state index in [1.54, 1.807) is 27.7 Å². The smallest absolute Gasteiger partial charge is 0.267 e. The fraction of sp³-hybridized carbons (Fsp3) is 0.182. The van der Waals surface area contributed by atoms with Gasteiger partial charge in [-0.15, -0.1) is 21.5 Å². The van der Waals surface area contributed by atoms with E-state index in [0.29, 0.717) is 16.9 Å². The second kappa shape index (κ2) is 7.37. The van der Waals surface area contributed by atoms with Crippen molar-refractivity contribution in [2.24, 2.45) is 0 Å². The van der Waals surface area contributed by atoms with Gasteiger partial charge < -0.3 is 0 Å². The van der Waals surface area contributed by atoms with Gasteiger partial charge in [-0.1, -0.05) is 42.1 Å². The Bertz CT molecular complexity index is 1440. The maximum atomic E-state index is 13.5. The van der Waals surface area contributed by atoms with Crippen molar-refractivity contribution in [3.63, 3.8) is 0 Å². The largest absolute Gasteiger partial charge is 0.268 e. The summed E-state index contributed by atoms with van der Waals surface area (Å²) in [4.78, 5) is 18.0. The van der Waals surface area contributed by atoms with Gasteiger partial charge in [-0.25, -0.2) is 9.55 Å². The predicted molar refractivity (Wildman–Crippen MR) is 122 cm³/mol. The first kappa shape index (κ1) is 19.0. The van der Waals surface area contributed by atoms with Gasteiger partial charge in [-0.3, -0.25) is 9.20 Å². The molecule has 0 aliphatic carbocycles. The minimum Gasteiger partial charge on any atom is -0.268 e. The Labute approximate surface area is 181 Å². The van der Waals surface area contributed by atoms with Crippen LogP contribution in [0.2, 0.25) is 0 Å². The highest BCUT2D eigenvalue weighted by molar-refractivity contribution is 7.98. The molecule has 5 rings (SSSR count). The zero-order valence-corrected chi connectivity index (χ0v) is 18.4. The van der Waals surface area contributed by atoms with Crippen LogP contribution in [-0.2, 0) is 5.75 Å². The van der Waals surface area contributed by atoms with E-state index in [-0.39, 0.29) is 5.56 Å². The first-order valence-corrected chi connectivity index (χ1v) is 11.4. The van der Waals surface area contributed by atoms with Crippen LogP contribution in [0.4, 0.5) is 0 Å². The number of thioether (sulfide) groups is 1. The van der Waals surface area contributed by atoms with Crippen LogP contribution in [0, 0.1) is 20.8 Å². The molecular formula is C22H19N5OS2. The molecule has 30 heavy (non-hydrogen) atoms. The highest BCUT2D eigenvalue weighted by Crippen LogP contribution is 2.27. The molecule has 8 heteroatoms. The van der Waals surface area contributed by atoms with E-state index in [1.807, 2.05) is 67.6 Å². The summed E-state index contributed by atoms with van der Waals surface area (Å²) in [5.41, 5.74) is 4.63. The Kier molecular flexibility index (Phi) is 4.67. The SMILES string of the molecule is Cc1nc(CSc2nnc3n(-c4c(C)cccc4C)c(=O)c4ccccc4n23)cs1. The number of fused-ring (bicyclic) bond motifs is 3. The highest BCUT2D eigenvalue weighted by atomic mass is 32.2. The molecule has 3 aromatic heterocycles. The third kappa shape index (κ3) is 3.03. The Morgan fingerprint density at radius 3 is 2.50 bits per heavy atom. The topological polar surface area (TPSA) is 65.1 Å². The standard InChI is InChI=1S/C22H19N5OS2/c1-13-7-6-8-14(2)19(13)27-20(28)17-9-4-5-10-18(17)26-21(27)24-25-22(26)30-12-16-11-29-15(3)23-16/h4-11H,12H2,1-3H3. The molecule has 3 heterocycles. The van der Waals surface area contributed by atoms with Gasteiger partial charge in [0, 0.05) is 11.1 Å². The van der Waals surface area contributed by atoms with E-state index in [1.165, 1.54) is 0 Å². The zero-order valence-electron chi connectivity index (χ0n) is 16.8. The lowest BCUT2D eigenvalue weighted by Gasteiger charge is -2.15. The highest BCUT2D eigenvalue weighted by Gasteiger charge is 2.20. The maximum absolute atomic E-state index is 13.5. The van der Waals surface area contributed by atoms with Crippen molar-refractivity contribution in [1.82, 2.24) is 24.1 Å². The van der Waals surface area contributed by atoms with Gasteiger partial charge >= 0.3 is 0 Å². The number of thiazole rings is 1. The molecule has 5 aromatic rings. The Balaban J connectivity index is 1.78. The number of rotatable bonds is 4. The lowest BCUT2D eigenvalue weighted by Crippen LogP contribution is -2.23. The van der Waals surface area contributed by atoms with Crippen molar-refractivity contribution >= 4 is 39.8 Å². The van der Waals surface area contributed by atoms with Gasteiger partial charge in [0.2, 0.25) is 5.78 Å². The van der Waals surface area contributed by atoms with Crippen LogP contribution in [0.5, 0.6) is 0 Å².